The molecule has 3 rings (SSSR count). The second kappa shape index (κ2) is 7.82. The SMILES string of the molecule is [C-]#[N+]c1cccnc1O[C@H]1CNCCOC1c1ccc(Cl)c(Cl)c1. The number of halogens is 2. The molecule has 1 fully saturated rings. The summed E-state index contributed by atoms with van der Waals surface area (Å²) in [6.07, 6.45) is 0.916. The highest BCUT2D eigenvalue weighted by Gasteiger charge is 2.29. The minimum Gasteiger partial charge on any atom is -0.479 e. The molecule has 0 bridgehead atoms. The molecule has 1 N–H and O–H groups in total. The largest absolute Gasteiger partial charge is 0.479 e. The molecule has 7 heteroatoms. The molecule has 24 heavy (non-hydrogen) atoms. The van der Waals surface area contributed by atoms with E-state index in [4.69, 9.17) is 39.2 Å². The molecule has 2 atom stereocenters. The predicted octanol–water partition coefficient (Wildman–Crippen LogP) is 4.05. The van der Waals surface area contributed by atoms with Crippen LogP contribution in [-0.4, -0.2) is 30.8 Å². The smallest absolute Gasteiger partial charge is 0.247 e. The van der Waals surface area contributed by atoms with E-state index in [1.54, 1.807) is 30.5 Å². The Morgan fingerprint density at radius 2 is 2.17 bits per heavy atom. The first-order chi connectivity index (χ1) is 11.7. The summed E-state index contributed by atoms with van der Waals surface area (Å²) in [6.45, 7) is 9.07. The van der Waals surface area contributed by atoms with Gasteiger partial charge < -0.3 is 14.8 Å². The van der Waals surface area contributed by atoms with E-state index in [1.165, 1.54) is 0 Å². The van der Waals surface area contributed by atoms with Gasteiger partial charge in [-0.3, -0.25) is 0 Å². The summed E-state index contributed by atoms with van der Waals surface area (Å²) in [5.41, 5.74) is 1.24. The lowest BCUT2D eigenvalue weighted by molar-refractivity contribution is -0.00967. The lowest BCUT2D eigenvalue weighted by Crippen LogP contribution is -2.34. The zero-order valence-corrected chi connectivity index (χ0v) is 14.2. The first kappa shape index (κ1) is 17.0. The number of rotatable bonds is 3. The molecule has 124 valence electrons. The van der Waals surface area contributed by atoms with E-state index >= 15 is 0 Å². The van der Waals surface area contributed by atoms with Crippen molar-refractivity contribution in [1.29, 1.82) is 0 Å². The lowest BCUT2D eigenvalue weighted by atomic mass is 10.0. The van der Waals surface area contributed by atoms with Crippen LogP contribution in [0.5, 0.6) is 5.88 Å². The van der Waals surface area contributed by atoms with E-state index in [-0.39, 0.29) is 12.2 Å². The van der Waals surface area contributed by atoms with Gasteiger partial charge in [-0.1, -0.05) is 35.3 Å². The zero-order valence-electron chi connectivity index (χ0n) is 12.7. The Bertz CT molecular complexity index is 764. The Morgan fingerprint density at radius 3 is 2.96 bits per heavy atom. The number of hydrogen-bond donors (Lipinski definition) is 1. The first-order valence-corrected chi connectivity index (χ1v) is 8.21. The van der Waals surface area contributed by atoms with Gasteiger partial charge in [-0.05, 0) is 23.8 Å². The topological polar surface area (TPSA) is 47.7 Å². The fraction of sp³-hybridized carbons (Fsp3) is 0.294. The molecule has 5 nitrogen and oxygen atoms in total. The Morgan fingerprint density at radius 1 is 1.29 bits per heavy atom. The number of aromatic nitrogens is 1. The van der Waals surface area contributed by atoms with Crippen molar-refractivity contribution in [3.8, 4) is 5.88 Å². The first-order valence-electron chi connectivity index (χ1n) is 7.45. The predicted molar refractivity (Wildman–Crippen MR) is 92.9 cm³/mol. The molecule has 1 aliphatic rings. The molecule has 2 heterocycles. The zero-order chi connectivity index (χ0) is 16.9. The maximum Gasteiger partial charge on any atom is 0.247 e. The van der Waals surface area contributed by atoms with Crippen LogP contribution in [0.15, 0.2) is 36.5 Å². The Kier molecular flexibility index (Phi) is 5.54. The highest BCUT2D eigenvalue weighted by atomic mass is 35.5. The molecule has 0 saturated carbocycles. The van der Waals surface area contributed by atoms with Gasteiger partial charge in [0.2, 0.25) is 11.6 Å². The van der Waals surface area contributed by atoms with Crippen LogP contribution in [0.25, 0.3) is 4.85 Å². The van der Waals surface area contributed by atoms with Gasteiger partial charge in [0.05, 0.1) is 23.2 Å². The Hall–Kier alpha value is -1.84. The Labute approximate surface area is 150 Å². The van der Waals surface area contributed by atoms with Crippen LogP contribution in [0.3, 0.4) is 0 Å². The van der Waals surface area contributed by atoms with Crippen LogP contribution in [-0.2, 0) is 4.74 Å². The third-order valence-electron chi connectivity index (χ3n) is 3.67. The molecule has 0 radical (unpaired) electrons. The van der Waals surface area contributed by atoms with Crippen LogP contribution in [0.4, 0.5) is 5.69 Å². The molecule has 1 unspecified atom stereocenters. The maximum atomic E-state index is 7.24. The molecule has 0 amide bonds. The van der Waals surface area contributed by atoms with Crippen LogP contribution >= 0.6 is 23.2 Å². The number of nitrogens with one attached hydrogen (secondary N) is 1. The summed E-state index contributed by atoms with van der Waals surface area (Å²) < 4.78 is 12.0. The minimum absolute atomic E-state index is 0.301. The quantitative estimate of drug-likeness (QED) is 0.835. The Balaban J connectivity index is 1.90. The molecule has 2 aromatic rings. The minimum atomic E-state index is -0.347. The van der Waals surface area contributed by atoms with Gasteiger partial charge in [-0.25, -0.2) is 9.83 Å². The fourth-order valence-electron chi connectivity index (χ4n) is 2.52. The number of ether oxygens (including phenoxy) is 2. The van der Waals surface area contributed by atoms with Crippen LogP contribution in [0.1, 0.15) is 11.7 Å². The number of hydrogen-bond acceptors (Lipinski definition) is 4. The summed E-state index contributed by atoms with van der Waals surface area (Å²) in [5.74, 6) is 0.301. The van der Waals surface area contributed by atoms with Crippen LogP contribution < -0.4 is 10.1 Å². The third kappa shape index (κ3) is 3.80. The monoisotopic (exact) mass is 363 g/mol. The summed E-state index contributed by atoms with van der Waals surface area (Å²) in [7, 11) is 0. The van der Waals surface area contributed by atoms with E-state index in [0.717, 1.165) is 12.1 Å². The van der Waals surface area contributed by atoms with Crippen molar-refractivity contribution < 1.29 is 9.47 Å². The number of nitrogens with zero attached hydrogens (tertiary/aromatic N) is 2. The summed E-state index contributed by atoms with van der Waals surface area (Å²) in [6, 6.07) is 8.77. The second-order valence-corrected chi connectivity index (χ2v) is 6.08. The summed E-state index contributed by atoms with van der Waals surface area (Å²) in [5, 5.41) is 4.22. The van der Waals surface area contributed by atoms with Gasteiger partial charge in [0, 0.05) is 19.3 Å². The van der Waals surface area contributed by atoms with E-state index in [2.05, 4.69) is 15.1 Å². The third-order valence-corrected chi connectivity index (χ3v) is 4.41. The molecule has 1 saturated heterocycles. The molecule has 1 aromatic heterocycles. The van der Waals surface area contributed by atoms with Gasteiger partial charge in [0.15, 0.2) is 0 Å². The summed E-state index contributed by atoms with van der Waals surface area (Å²) in [4.78, 5) is 7.61. The van der Waals surface area contributed by atoms with Crippen molar-refractivity contribution in [1.82, 2.24) is 10.3 Å². The van der Waals surface area contributed by atoms with E-state index < -0.39 is 0 Å². The van der Waals surface area contributed by atoms with Crippen LogP contribution in [0, 0.1) is 6.57 Å². The van der Waals surface area contributed by atoms with Crippen molar-refractivity contribution in [2.75, 3.05) is 19.7 Å². The molecular weight excluding hydrogens is 349 g/mol. The maximum absolute atomic E-state index is 7.24. The molecule has 0 spiro atoms. The van der Waals surface area contributed by atoms with Gasteiger partial charge in [-0.15, -0.1) is 0 Å². The van der Waals surface area contributed by atoms with Crippen molar-refractivity contribution in [3.63, 3.8) is 0 Å². The standard InChI is InChI=1S/C17H15Cl2N3O2/c1-20-14-3-2-6-22-17(14)24-15-10-21-7-8-23-16(15)11-4-5-12(18)13(19)9-11/h2-6,9,15-16,21H,7-8,10H2/t15-,16?/m0/s1. The highest BCUT2D eigenvalue weighted by molar-refractivity contribution is 6.42. The highest BCUT2D eigenvalue weighted by Crippen LogP contribution is 2.33. The van der Waals surface area contributed by atoms with Crippen molar-refractivity contribution in [2.45, 2.75) is 12.2 Å². The normalized spacial score (nSPS) is 20.9. The average molecular weight is 364 g/mol. The molecule has 0 aliphatic carbocycles. The van der Waals surface area contributed by atoms with Gasteiger partial charge in [0.25, 0.3) is 0 Å². The van der Waals surface area contributed by atoms with Gasteiger partial charge >= 0.3 is 0 Å². The molecular formula is C17H15Cl2N3O2. The van der Waals surface area contributed by atoms with Crippen molar-refractivity contribution in [2.24, 2.45) is 0 Å². The molecule has 1 aliphatic heterocycles. The van der Waals surface area contributed by atoms with Crippen molar-refractivity contribution in [3.05, 3.63) is 63.6 Å². The van der Waals surface area contributed by atoms with E-state index in [0.29, 0.717) is 34.8 Å². The summed E-state index contributed by atoms with van der Waals surface area (Å²) >= 11 is 12.1. The number of pyridine rings is 1. The van der Waals surface area contributed by atoms with E-state index in [1.807, 2.05) is 6.07 Å². The van der Waals surface area contributed by atoms with Crippen LogP contribution in [0.2, 0.25) is 10.0 Å². The fourth-order valence-corrected chi connectivity index (χ4v) is 2.83. The van der Waals surface area contributed by atoms with Gasteiger partial charge in [0.1, 0.15) is 12.2 Å². The van der Waals surface area contributed by atoms with E-state index in [9.17, 15) is 0 Å². The number of benzene rings is 1. The lowest BCUT2D eigenvalue weighted by Gasteiger charge is -2.26. The average Bonchev–Trinajstić information content (AvgIpc) is 2.83. The molecule has 1 aromatic carbocycles. The second-order valence-electron chi connectivity index (χ2n) is 5.26. The van der Waals surface area contributed by atoms with Crippen molar-refractivity contribution >= 4 is 28.9 Å². The van der Waals surface area contributed by atoms with Gasteiger partial charge in [-0.2, -0.15) is 0 Å².